The predicted molar refractivity (Wildman–Crippen MR) is 98.1 cm³/mol. The molecule has 24 heavy (non-hydrogen) atoms. The lowest BCUT2D eigenvalue weighted by molar-refractivity contribution is 0.340. The summed E-state index contributed by atoms with van der Waals surface area (Å²) in [5, 5.41) is 14.3. The minimum Gasteiger partial charge on any atom is -0.494 e. The van der Waals surface area contributed by atoms with Crippen LogP contribution in [0.5, 0.6) is 5.75 Å². The standard InChI is InChI=1S/C17H16BrN5O/c1-2-24-15-8-6-13(7-9-15)20-16-11-19-23-17(22-16)21-14-5-3-4-12(18)10-14/h3-11H,2H2,1H3,(H2,20,21,22,23). The molecule has 0 aliphatic carbocycles. The monoisotopic (exact) mass is 385 g/mol. The fraction of sp³-hybridized carbons (Fsp3) is 0.118. The van der Waals surface area contributed by atoms with E-state index in [-0.39, 0.29) is 0 Å². The van der Waals surface area contributed by atoms with Crippen LogP contribution in [0.4, 0.5) is 23.1 Å². The van der Waals surface area contributed by atoms with Crippen molar-refractivity contribution in [2.45, 2.75) is 6.92 Å². The summed E-state index contributed by atoms with van der Waals surface area (Å²) in [6.45, 7) is 2.60. The fourth-order valence-electron chi connectivity index (χ4n) is 2.06. The number of rotatable bonds is 6. The Hall–Kier alpha value is -2.67. The van der Waals surface area contributed by atoms with E-state index < -0.39 is 0 Å². The molecular weight excluding hydrogens is 370 g/mol. The average molecular weight is 386 g/mol. The zero-order valence-corrected chi connectivity index (χ0v) is 14.6. The van der Waals surface area contributed by atoms with Crippen LogP contribution in [0.3, 0.4) is 0 Å². The molecule has 0 fully saturated rings. The van der Waals surface area contributed by atoms with Gasteiger partial charge in [0.1, 0.15) is 5.75 Å². The number of hydrogen-bond donors (Lipinski definition) is 2. The maximum Gasteiger partial charge on any atom is 0.249 e. The highest BCUT2D eigenvalue weighted by Gasteiger charge is 2.03. The lowest BCUT2D eigenvalue weighted by Crippen LogP contribution is -2.02. The first-order chi connectivity index (χ1) is 11.7. The van der Waals surface area contributed by atoms with Gasteiger partial charge < -0.3 is 15.4 Å². The Labute approximate surface area is 148 Å². The van der Waals surface area contributed by atoms with Gasteiger partial charge in [-0.25, -0.2) is 0 Å². The maximum absolute atomic E-state index is 5.43. The van der Waals surface area contributed by atoms with Crippen LogP contribution in [0.1, 0.15) is 6.92 Å². The second kappa shape index (κ2) is 7.74. The molecule has 122 valence electrons. The van der Waals surface area contributed by atoms with Crippen LogP contribution in [0.25, 0.3) is 0 Å². The second-order valence-electron chi connectivity index (χ2n) is 4.88. The summed E-state index contributed by atoms with van der Waals surface area (Å²) >= 11 is 3.43. The summed E-state index contributed by atoms with van der Waals surface area (Å²) in [4.78, 5) is 4.41. The highest BCUT2D eigenvalue weighted by atomic mass is 79.9. The molecule has 0 radical (unpaired) electrons. The van der Waals surface area contributed by atoms with Crippen LogP contribution in [0.2, 0.25) is 0 Å². The largest absolute Gasteiger partial charge is 0.494 e. The summed E-state index contributed by atoms with van der Waals surface area (Å²) in [7, 11) is 0. The van der Waals surface area contributed by atoms with E-state index >= 15 is 0 Å². The van der Waals surface area contributed by atoms with E-state index in [1.807, 2.05) is 55.5 Å². The summed E-state index contributed by atoms with van der Waals surface area (Å²) in [6.07, 6.45) is 1.57. The van der Waals surface area contributed by atoms with E-state index in [9.17, 15) is 0 Å². The first kappa shape index (κ1) is 16.2. The lowest BCUT2D eigenvalue weighted by Gasteiger charge is -2.09. The normalized spacial score (nSPS) is 10.2. The smallest absolute Gasteiger partial charge is 0.249 e. The van der Waals surface area contributed by atoms with E-state index in [1.165, 1.54) is 0 Å². The highest BCUT2D eigenvalue weighted by Crippen LogP contribution is 2.21. The molecule has 6 nitrogen and oxygen atoms in total. The number of aromatic nitrogens is 3. The fourth-order valence-corrected chi connectivity index (χ4v) is 2.46. The van der Waals surface area contributed by atoms with Gasteiger partial charge in [-0.2, -0.15) is 10.1 Å². The number of hydrogen-bond acceptors (Lipinski definition) is 6. The van der Waals surface area contributed by atoms with Gasteiger partial charge in [0.25, 0.3) is 0 Å². The van der Waals surface area contributed by atoms with E-state index in [0.717, 1.165) is 21.6 Å². The number of benzene rings is 2. The number of anilines is 4. The van der Waals surface area contributed by atoms with Gasteiger partial charge in [0.15, 0.2) is 5.82 Å². The highest BCUT2D eigenvalue weighted by molar-refractivity contribution is 9.10. The van der Waals surface area contributed by atoms with Crippen LogP contribution < -0.4 is 15.4 Å². The van der Waals surface area contributed by atoms with Gasteiger partial charge in [-0.15, -0.1) is 5.10 Å². The van der Waals surface area contributed by atoms with Gasteiger partial charge in [-0.1, -0.05) is 22.0 Å². The number of nitrogens with zero attached hydrogens (tertiary/aromatic N) is 3. The van der Waals surface area contributed by atoms with E-state index in [2.05, 4.69) is 41.7 Å². The topological polar surface area (TPSA) is 72.0 Å². The van der Waals surface area contributed by atoms with Crippen molar-refractivity contribution in [3.05, 3.63) is 59.2 Å². The first-order valence-electron chi connectivity index (χ1n) is 7.45. The van der Waals surface area contributed by atoms with Crippen molar-refractivity contribution in [3.8, 4) is 5.75 Å². The molecule has 0 saturated heterocycles. The summed E-state index contributed by atoms with van der Waals surface area (Å²) < 4.78 is 6.40. The van der Waals surface area contributed by atoms with Crippen LogP contribution >= 0.6 is 15.9 Å². The third-order valence-electron chi connectivity index (χ3n) is 3.08. The van der Waals surface area contributed by atoms with Gasteiger partial charge >= 0.3 is 0 Å². The number of ether oxygens (including phenoxy) is 1. The van der Waals surface area contributed by atoms with E-state index in [1.54, 1.807) is 6.20 Å². The predicted octanol–water partition coefficient (Wildman–Crippen LogP) is 4.52. The number of halogens is 1. The Balaban J connectivity index is 1.70. The average Bonchev–Trinajstić information content (AvgIpc) is 2.57. The molecule has 0 unspecified atom stereocenters. The van der Waals surface area contributed by atoms with Gasteiger partial charge in [0.2, 0.25) is 5.95 Å². The van der Waals surface area contributed by atoms with Crippen molar-refractivity contribution in [2.24, 2.45) is 0 Å². The molecule has 3 rings (SSSR count). The van der Waals surface area contributed by atoms with Gasteiger partial charge in [-0.3, -0.25) is 0 Å². The Bertz CT molecular complexity index is 810. The molecule has 0 atom stereocenters. The Kier molecular flexibility index (Phi) is 5.22. The Morgan fingerprint density at radius 3 is 2.62 bits per heavy atom. The molecule has 3 aromatic rings. The Morgan fingerprint density at radius 1 is 1.04 bits per heavy atom. The molecule has 0 amide bonds. The van der Waals surface area contributed by atoms with E-state index in [0.29, 0.717) is 18.4 Å². The SMILES string of the molecule is CCOc1ccc(Nc2cnnc(Nc3cccc(Br)c3)n2)cc1. The summed E-state index contributed by atoms with van der Waals surface area (Å²) in [5.41, 5.74) is 1.77. The third-order valence-corrected chi connectivity index (χ3v) is 3.57. The minimum atomic E-state index is 0.420. The van der Waals surface area contributed by atoms with Crippen molar-refractivity contribution < 1.29 is 4.74 Å². The van der Waals surface area contributed by atoms with Crippen LogP contribution in [0, 0.1) is 0 Å². The molecule has 0 aliphatic heterocycles. The summed E-state index contributed by atoms with van der Waals surface area (Å²) in [6, 6.07) is 15.4. The molecular formula is C17H16BrN5O. The molecule has 2 aromatic carbocycles. The molecule has 0 aliphatic rings. The van der Waals surface area contributed by atoms with Gasteiger partial charge in [0, 0.05) is 15.8 Å². The quantitative estimate of drug-likeness (QED) is 0.649. The molecule has 7 heteroatoms. The third kappa shape index (κ3) is 4.42. The lowest BCUT2D eigenvalue weighted by atomic mass is 10.3. The Morgan fingerprint density at radius 2 is 1.88 bits per heavy atom. The maximum atomic E-state index is 5.43. The van der Waals surface area contributed by atoms with Crippen molar-refractivity contribution in [3.63, 3.8) is 0 Å². The molecule has 1 heterocycles. The molecule has 0 spiro atoms. The minimum absolute atomic E-state index is 0.420. The van der Waals surface area contributed by atoms with Crippen molar-refractivity contribution >= 4 is 39.1 Å². The molecule has 2 N–H and O–H groups in total. The first-order valence-corrected chi connectivity index (χ1v) is 8.24. The van der Waals surface area contributed by atoms with Crippen LogP contribution in [-0.4, -0.2) is 21.8 Å². The van der Waals surface area contributed by atoms with Crippen molar-refractivity contribution in [1.29, 1.82) is 0 Å². The van der Waals surface area contributed by atoms with Crippen molar-refractivity contribution in [1.82, 2.24) is 15.2 Å². The van der Waals surface area contributed by atoms with Gasteiger partial charge in [-0.05, 0) is 49.4 Å². The summed E-state index contributed by atoms with van der Waals surface area (Å²) in [5.74, 6) is 1.86. The number of nitrogens with one attached hydrogen (secondary N) is 2. The molecule has 0 bridgehead atoms. The second-order valence-corrected chi connectivity index (χ2v) is 5.80. The molecule has 0 saturated carbocycles. The van der Waals surface area contributed by atoms with Crippen molar-refractivity contribution in [2.75, 3.05) is 17.2 Å². The van der Waals surface area contributed by atoms with Crippen LogP contribution in [0.15, 0.2) is 59.2 Å². The van der Waals surface area contributed by atoms with Crippen LogP contribution in [-0.2, 0) is 0 Å². The molecule has 1 aromatic heterocycles. The van der Waals surface area contributed by atoms with E-state index in [4.69, 9.17) is 4.74 Å². The zero-order valence-electron chi connectivity index (χ0n) is 13.0. The zero-order chi connectivity index (χ0) is 16.8. The van der Waals surface area contributed by atoms with Gasteiger partial charge in [0.05, 0.1) is 12.8 Å².